The molecule has 100 valence electrons. The van der Waals surface area contributed by atoms with E-state index in [-0.39, 0.29) is 0 Å². The molecule has 0 aromatic heterocycles. The summed E-state index contributed by atoms with van der Waals surface area (Å²) in [5, 5.41) is 22.4. The molecule has 0 aliphatic rings. The monoisotopic (exact) mass is 261 g/mol. The maximum absolute atomic E-state index is 11.6. The van der Waals surface area contributed by atoms with Crippen LogP contribution in [0.3, 0.4) is 0 Å². The predicted octanol–water partition coefficient (Wildman–Crippen LogP) is 1.93. The number of amides is 2. The zero-order chi connectivity index (χ0) is 14.3. The van der Waals surface area contributed by atoms with Crippen molar-refractivity contribution >= 4 is 17.7 Å². The standard InChI is InChI=1S/C13H15N3O3/c1-2-3-11(12(17)18)16-13(19)15-10-6-4-9(8-14)5-7-10/h4-7,11H,2-3H2,1H3,(H,17,18)(H2,15,16,19). The second-order valence-corrected chi connectivity index (χ2v) is 3.97. The smallest absolute Gasteiger partial charge is 0.326 e. The van der Waals surface area contributed by atoms with Crippen LogP contribution in [0.15, 0.2) is 24.3 Å². The fourth-order valence-electron chi connectivity index (χ4n) is 1.50. The molecule has 0 spiro atoms. The second kappa shape index (κ2) is 7.01. The number of benzene rings is 1. The van der Waals surface area contributed by atoms with E-state index >= 15 is 0 Å². The van der Waals surface area contributed by atoms with Gasteiger partial charge in [0.1, 0.15) is 6.04 Å². The van der Waals surface area contributed by atoms with Crippen LogP contribution in [0.25, 0.3) is 0 Å². The van der Waals surface area contributed by atoms with Gasteiger partial charge in [-0.15, -0.1) is 0 Å². The lowest BCUT2D eigenvalue weighted by Crippen LogP contribution is -2.42. The summed E-state index contributed by atoms with van der Waals surface area (Å²) in [7, 11) is 0. The quantitative estimate of drug-likeness (QED) is 0.753. The minimum Gasteiger partial charge on any atom is -0.480 e. The third kappa shape index (κ3) is 4.68. The van der Waals surface area contributed by atoms with E-state index in [1.54, 1.807) is 24.3 Å². The first-order valence-corrected chi connectivity index (χ1v) is 5.87. The fourth-order valence-corrected chi connectivity index (χ4v) is 1.50. The third-order valence-corrected chi connectivity index (χ3v) is 2.45. The van der Waals surface area contributed by atoms with Gasteiger partial charge in [-0.1, -0.05) is 13.3 Å². The van der Waals surface area contributed by atoms with Crippen molar-refractivity contribution in [2.45, 2.75) is 25.8 Å². The Kier molecular flexibility index (Phi) is 5.35. The van der Waals surface area contributed by atoms with Crippen LogP contribution in [0.1, 0.15) is 25.3 Å². The van der Waals surface area contributed by atoms with Crippen LogP contribution in [0, 0.1) is 11.3 Å². The average molecular weight is 261 g/mol. The number of hydrogen-bond donors (Lipinski definition) is 3. The van der Waals surface area contributed by atoms with E-state index in [1.807, 2.05) is 13.0 Å². The van der Waals surface area contributed by atoms with Crippen LogP contribution in [0.5, 0.6) is 0 Å². The van der Waals surface area contributed by atoms with Gasteiger partial charge in [-0.05, 0) is 30.7 Å². The van der Waals surface area contributed by atoms with Gasteiger partial charge in [0.25, 0.3) is 0 Å². The SMILES string of the molecule is CCCC(NC(=O)Nc1ccc(C#N)cc1)C(=O)O. The van der Waals surface area contributed by atoms with Crippen molar-refractivity contribution in [2.75, 3.05) is 5.32 Å². The highest BCUT2D eigenvalue weighted by atomic mass is 16.4. The molecule has 0 heterocycles. The van der Waals surface area contributed by atoms with Crippen molar-refractivity contribution in [3.63, 3.8) is 0 Å². The van der Waals surface area contributed by atoms with Crippen LogP contribution in [0.4, 0.5) is 10.5 Å². The Morgan fingerprint density at radius 3 is 2.47 bits per heavy atom. The fraction of sp³-hybridized carbons (Fsp3) is 0.308. The van der Waals surface area contributed by atoms with Gasteiger partial charge < -0.3 is 15.7 Å². The van der Waals surface area contributed by atoms with Crippen molar-refractivity contribution in [1.29, 1.82) is 5.26 Å². The van der Waals surface area contributed by atoms with Crippen LogP contribution in [-0.2, 0) is 4.79 Å². The maximum atomic E-state index is 11.6. The first-order chi connectivity index (χ1) is 9.06. The predicted molar refractivity (Wildman–Crippen MR) is 69.6 cm³/mol. The molecule has 6 heteroatoms. The summed E-state index contributed by atoms with van der Waals surface area (Å²) in [6.45, 7) is 1.84. The van der Waals surface area contributed by atoms with Crippen molar-refractivity contribution in [3.05, 3.63) is 29.8 Å². The Balaban J connectivity index is 2.58. The number of anilines is 1. The third-order valence-electron chi connectivity index (χ3n) is 2.45. The average Bonchev–Trinajstić information content (AvgIpc) is 2.39. The molecule has 1 aromatic rings. The summed E-state index contributed by atoms with van der Waals surface area (Å²) in [5.41, 5.74) is 0.984. The van der Waals surface area contributed by atoms with Crippen LogP contribution in [-0.4, -0.2) is 23.1 Å². The number of hydrogen-bond acceptors (Lipinski definition) is 3. The molecule has 2 amide bonds. The van der Waals surface area contributed by atoms with Gasteiger partial charge in [0.15, 0.2) is 0 Å². The molecule has 0 radical (unpaired) electrons. The van der Waals surface area contributed by atoms with Crippen LogP contribution in [0.2, 0.25) is 0 Å². The van der Waals surface area contributed by atoms with E-state index in [9.17, 15) is 9.59 Å². The number of nitrogens with one attached hydrogen (secondary N) is 2. The first-order valence-electron chi connectivity index (χ1n) is 5.87. The van der Waals surface area contributed by atoms with E-state index in [1.165, 1.54) is 0 Å². The molecule has 6 nitrogen and oxygen atoms in total. The summed E-state index contributed by atoms with van der Waals surface area (Å²) in [5.74, 6) is -1.06. The normalized spacial score (nSPS) is 11.2. The Hall–Kier alpha value is -2.55. The van der Waals surface area contributed by atoms with Crippen LogP contribution < -0.4 is 10.6 Å². The van der Waals surface area contributed by atoms with Crippen molar-refractivity contribution < 1.29 is 14.7 Å². The van der Waals surface area contributed by atoms with Gasteiger partial charge in [-0.25, -0.2) is 9.59 Å². The largest absolute Gasteiger partial charge is 0.480 e. The second-order valence-electron chi connectivity index (χ2n) is 3.97. The molecule has 3 N–H and O–H groups in total. The van der Waals surface area contributed by atoms with Crippen LogP contribution >= 0.6 is 0 Å². The van der Waals surface area contributed by atoms with E-state index in [0.717, 1.165) is 0 Å². The highest BCUT2D eigenvalue weighted by molar-refractivity contribution is 5.92. The summed E-state index contributed by atoms with van der Waals surface area (Å²) in [6.07, 6.45) is 1.03. The molecule has 1 aromatic carbocycles. The first kappa shape index (κ1) is 14.5. The van der Waals surface area contributed by atoms with E-state index in [4.69, 9.17) is 10.4 Å². The lowest BCUT2D eigenvalue weighted by molar-refractivity contribution is -0.139. The highest BCUT2D eigenvalue weighted by Crippen LogP contribution is 2.08. The number of nitriles is 1. The summed E-state index contributed by atoms with van der Waals surface area (Å²) < 4.78 is 0. The van der Waals surface area contributed by atoms with E-state index in [0.29, 0.717) is 24.1 Å². The van der Waals surface area contributed by atoms with E-state index in [2.05, 4.69) is 10.6 Å². The summed E-state index contributed by atoms with van der Waals surface area (Å²) >= 11 is 0. The molecule has 0 saturated carbocycles. The molecule has 19 heavy (non-hydrogen) atoms. The lowest BCUT2D eigenvalue weighted by atomic mass is 10.2. The molecular formula is C13H15N3O3. The molecule has 0 saturated heterocycles. The van der Waals surface area contributed by atoms with Crippen molar-refractivity contribution in [1.82, 2.24) is 5.32 Å². The van der Waals surface area contributed by atoms with Gasteiger partial charge in [0, 0.05) is 5.69 Å². The van der Waals surface area contributed by atoms with Gasteiger partial charge in [0.05, 0.1) is 11.6 Å². The molecule has 1 rings (SSSR count). The zero-order valence-corrected chi connectivity index (χ0v) is 10.5. The maximum Gasteiger partial charge on any atom is 0.326 e. The lowest BCUT2D eigenvalue weighted by Gasteiger charge is -2.14. The zero-order valence-electron chi connectivity index (χ0n) is 10.5. The molecule has 1 unspecified atom stereocenters. The van der Waals surface area contributed by atoms with Gasteiger partial charge in [0.2, 0.25) is 0 Å². The van der Waals surface area contributed by atoms with Crippen molar-refractivity contribution in [3.8, 4) is 6.07 Å². The minimum absolute atomic E-state index is 0.371. The topological polar surface area (TPSA) is 102 Å². The Morgan fingerprint density at radius 1 is 1.37 bits per heavy atom. The number of nitrogens with zero attached hydrogens (tertiary/aromatic N) is 1. The molecule has 0 fully saturated rings. The number of rotatable bonds is 5. The Bertz CT molecular complexity index is 491. The minimum atomic E-state index is -1.06. The molecule has 0 bridgehead atoms. The van der Waals surface area contributed by atoms with Gasteiger partial charge >= 0.3 is 12.0 Å². The number of carboxylic acids is 1. The van der Waals surface area contributed by atoms with Crippen molar-refractivity contribution in [2.24, 2.45) is 0 Å². The number of carboxylic acid groups (broad SMARTS) is 1. The number of carbonyl (C=O) groups is 2. The van der Waals surface area contributed by atoms with E-state index < -0.39 is 18.0 Å². The molecule has 1 atom stereocenters. The molecule has 0 aliphatic carbocycles. The van der Waals surface area contributed by atoms with Gasteiger partial charge in [-0.2, -0.15) is 5.26 Å². The number of urea groups is 1. The number of aliphatic carboxylic acids is 1. The molecule has 0 aliphatic heterocycles. The summed E-state index contributed by atoms with van der Waals surface area (Å²) in [6, 6.07) is 6.77. The Morgan fingerprint density at radius 2 is 2.00 bits per heavy atom. The number of carbonyl (C=O) groups excluding carboxylic acids is 1. The van der Waals surface area contributed by atoms with Gasteiger partial charge in [-0.3, -0.25) is 0 Å². The molecular weight excluding hydrogens is 246 g/mol. The summed E-state index contributed by atoms with van der Waals surface area (Å²) in [4.78, 5) is 22.5. The Labute approximate surface area is 111 Å². The highest BCUT2D eigenvalue weighted by Gasteiger charge is 2.18.